The molecule has 0 atom stereocenters. The molecule has 5 heteroatoms. The molecule has 1 aromatic rings. The highest BCUT2D eigenvalue weighted by Crippen LogP contribution is 2.07. The molecule has 4 nitrogen and oxygen atoms in total. The van der Waals surface area contributed by atoms with E-state index in [1.165, 1.54) is 57.7 Å². The molecule has 0 amide bonds. The van der Waals surface area contributed by atoms with E-state index in [9.17, 15) is 4.79 Å². The predicted molar refractivity (Wildman–Crippen MR) is 88.6 cm³/mol. The monoisotopic (exact) mass is 388 g/mol. The highest BCUT2D eigenvalue weighted by atomic mass is 79.9. The molecule has 0 aliphatic heterocycles. The molecule has 0 spiro atoms. The van der Waals surface area contributed by atoms with Crippen molar-refractivity contribution in [3.63, 3.8) is 0 Å². The van der Waals surface area contributed by atoms with Gasteiger partial charge in [-0.2, -0.15) is 0 Å². The van der Waals surface area contributed by atoms with Gasteiger partial charge in [-0.25, -0.2) is 9.13 Å². The second-order valence-corrected chi connectivity index (χ2v) is 6.01. The lowest BCUT2D eigenvalue weighted by Gasteiger charge is -2.01. The third-order valence-corrected chi connectivity index (χ3v) is 4.06. The Morgan fingerprint density at radius 2 is 1.83 bits per heavy atom. The van der Waals surface area contributed by atoms with Crippen molar-refractivity contribution < 1.29 is 31.1 Å². The summed E-state index contributed by atoms with van der Waals surface area (Å²) in [6.07, 6.45) is 14.4. The van der Waals surface area contributed by atoms with Gasteiger partial charge in [0.2, 0.25) is 6.33 Å². The van der Waals surface area contributed by atoms with Crippen LogP contribution >= 0.6 is 0 Å². The summed E-state index contributed by atoms with van der Waals surface area (Å²) in [6, 6.07) is 0. The SMILES string of the molecule is CCCCCC[n+]1cc(CCC(=O)OC)n(CCCCC)c1.[Br-]. The highest BCUT2D eigenvalue weighted by Gasteiger charge is 2.14. The highest BCUT2D eigenvalue weighted by molar-refractivity contribution is 5.69. The number of esters is 1. The van der Waals surface area contributed by atoms with Crippen LogP contribution in [0.15, 0.2) is 12.5 Å². The second-order valence-electron chi connectivity index (χ2n) is 6.01. The maximum Gasteiger partial charge on any atom is 0.305 e. The largest absolute Gasteiger partial charge is 1.00 e. The summed E-state index contributed by atoms with van der Waals surface area (Å²) in [4.78, 5) is 11.4. The van der Waals surface area contributed by atoms with Crippen LogP contribution in [0.5, 0.6) is 0 Å². The number of carbonyl (C=O) groups is 1. The number of ether oxygens (including phenoxy) is 1. The van der Waals surface area contributed by atoms with Gasteiger partial charge in [0, 0.05) is 6.42 Å². The fraction of sp³-hybridized carbons (Fsp3) is 0.778. The Kier molecular flexibility index (Phi) is 13.1. The number of nitrogens with zero attached hydrogens (tertiary/aromatic N) is 2. The van der Waals surface area contributed by atoms with Crippen LogP contribution < -0.4 is 21.5 Å². The van der Waals surface area contributed by atoms with Crippen LogP contribution in [0.25, 0.3) is 0 Å². The van der Waals surface area contributed by atoms with Crippen LogP contribution in [0.3, 0.4) is 0 Å². The standard InChI is InChI=1S/C18H33N2O2.BrH/c1-4-6-8-10-13-19-15-17(11-12-18(21)22-3)20(16-19)14-9-7-5-2;/h15-16H,4-14H2,1-3H3;1H/q+1;/p-1. The number of imidazole rings is 1. The summed E-state index contributed by atoms with van der Waals surface area (Å²) in [5, 5.41) is 0. The first-order valence-corrected chi connectivity index (χ1v) is 8.86. The van der Waals surface area contributed by atoms with E-state index in [1.807, 2.05) is 0 Å². The smallest absolute Gasteiger partial charge is 0.305 e. The molecule has 1 aromatic heterocycles. The molecule has 0 aliphatic carbocycles. The molecular formula is C18H33BrN2O2. The maximum absolute atomic E-state index is 11.4. The molecular weight excluding hydrogens is 356 g/mol. The zero-order chi connectivity index (χ0) is 16.2. The Balaban J connectivity index is 0.00000484. The van der Waals surface area contributed by atoms with Gasteiger partial charge in [-0.3, -0.25) is 4.79 Å². The van der Waals surface area contributed by atoms with Gasteiger partial charge >= 0.3 is 5.97 Å². The Bertz CT molecular complexity index is 433. The minimum Gasteiger partial charge on any atom is -1.00 e. The van der Waals surface area contributed by atoms with Gasteiger partial charge in [0.15, 0.2) is 0 Å². The van der Waals surface area contributed by atoms with Crippen LogP contribution in [0.4, 0.5) is 0 Å². The van der Waals surface area contributed by atoms with Crippen molar-refractivity contribution in [2.24, 2.45) is 0 Å². The molecule has 1 rings (SSSR count). The number of methoxy groups -OCH3 is 1. The first kappa shape index (κ1) is 22.2. The molecule has 0 unspecified atom stereocenters. The molecule has 0 saturated heterocycles. The second kappa shape index (κ2) is 13.6. The van der Waals surface area contributed by atoms with Gasteiger partial charge in [0.05, 0.1) is 26.6 Å². The lowest BCUT2D eigenvalue weighted by Crippen LogP contribution is -3.00. The van der Waals surface area contributed by atoms with Crippen molar-refractivity contribution in [1.82, 2.24) is 4.57 Å². The molecule has 0 saturated carbocycles. The summed E-state index contributed by atoms with van der Waals surface area (Å²) in [5.41, 5.74) is 1.25. The third kappa shape index (κ3) is 9.14. The summed E-state index contributed by atoms with van der Waals surface area (Å²) in [7, 11) is 1.45. The Morgan fingerprint density at radius 1 is 1.13 bits per heavy atom. The Labute approximate surface area is 152 Å². The first-order valence-electron chi connectivity index (χ1n) is 8.86. The Hall–Kier alpha value is -0.840. The normalized spacial score (nSPS) is 10.4. The van der Waals surface area contributed by atoms with Crippen LogP contribution in [0.1, 0.15) is 70.9 Å². The maximum atomic E-state index is 11.4. The molecule has 0 N–H and O–H groups in total. The van der Waals surface area contributed by atoms with Gasteiger partial charge < -0.3 is 21.7 Å². The van der Waals surface area contributed by atoms with E-state index >= 15 is 0 Å². The van der Waals surface area contributed by atoms with Crippen molar-refractivity contribution in [1.29, 1.82) is 0 Å². The zero-order valence-corrected chi connectivity index (χ0v) is 16.6. The average Bonchev–Trinajstić information content (AvgIpc) is 2.91. The molecule has 0 bridgehead atoms. The quantitative estimate of drug-likeness (QED) is 0.299. The predicted octanol–water partition coefficient (Wildman–Crippen LogP) is 0.656. The van der Waals surface area contributed by atoms with Gasteiger partial charge in [0.1, 0.15) is 11.9 Å². The van der Waals surface area contributed by atoms with Gasteiger partial charge in [-0.05, 0) is 25.7 Å². The fourth-order valence-corrected chi connectivity index (χ4v) is 2.67. The van der Waals surface area contributed by atoms with E-state index in [0.717, 1.165) is 19.5 Å². The minimum absolute atomic E-state index is 0. The molecule has 0 aliphatic rings. The van der Waals surface area contributed by atoms with E-state index in [0.29, 0.717) is 6.42 Å². The molecule has 0 aromatic carbocycles. The van der Waals surface area contributed by atoms with Gasteiger partial charge in [-0.1, -0.05) is 33.1 Å². The van der Waals surface area contributed by atoms with Crippen LogP contribution in [0.2, 0.25) is 0 Å². The number of halogens is 1. The number of unbranched alkanes of at least 4 members (excludes halogenated alkanes) is 5. The van der Waals surface area contributed by atoms with Crippen molar-refractivity contribution in [3.8, 4) is 0 Å². The summed E-state index contributed by atoms with van der Waals surface area (Å²) >= 11 is 0. The number of rotatable bonds is 12. The minimum atomic E-state index is -0.129. The van der Waals surface area contributed by atoms with Crippen molar-refractivity contribution in [3.05, 3.63) is 18.2 Å². The van der Waals surface area contributed by atoms with E-state index < -0.39 is 0 Å². The van der Waals surface area contributed by atoms with Crippen LogP contribution in [0, 0.1) is 0 Å². The van der Waals surface area contributed by atoms with Crippen molar-refractivity contribution >= 4 is 5.97 Å². The van der Waals surface area contributed by atoms with Crippen molar-refractivity contribution in [2.75, 3.05) is 7.11 Å². The summed E-state index contributed by atoms with van der Waals surface area (Å²) < 4.78 is 9.36. The number of aromatic nitrogens is 2. The summed E-state index contributed by atoms with van der Waals surface area (Å²) in [5.74, 6) is -0.129. The van der Waals surface area contributed by atoms with E-state index in [4.69, 9.17) is 4.74 Å². The van der Waals surface area contributed by atoms with E-state index in [-0.39, 0.29) is 23.0 Å². The average molecular weight is 389 g/mol. The van der Waals surface area contributed by atoms with Gasteiger partial charge in [-0.15, -0.1) is 0 Å². The molecule has 0 radical (unpaired) electrons. The number of aryl methyl sites for hydroxylation is 3. The van der Waals surface area contributed by atoms with E-state index in [1.54, 1.807) is 0 Å². The number of hydrogen-bond donors (Lipinski definition) is 0. The molecule has 0 fully saturated rings. The van der Waals surface area contributed by atoms with Crippen LogP contribution in [-0.4, -0.2) is 17.6 Å². The molecule has 23 heavy (non-hydrogen) atoms. The number of hydrogen-bond acceptors (Lipinski definition) is 2. The van der Waals surface area contributed by atoms with E-state index in [2.05, 4.69) is 35.5 Å². The first-order chi connectivity index (χ1) is 10.7. The topological polar surface area (TPSA) is 35.1 Å². The zero-order valence-electron chi connectivity index (χ0n) is 15.0. The fourth-order valence-electron chi connectivity index (χ4n) is 2.67. The third-order valence-electron chi connectivity index (χ3n) is 4.06. The number of carbonyl (C=O) groups excluding carboxylic acids is 1. The molecule has 134 valence electrons. The Morgan fingerprint density at radius 3 is 2.48 bits per heavy atom. The van der Waals surface area contributed by atoms with Gasteiger partial charge in [0.25, 0.3) is 0 Å². The summed E-state index contributed by atoms with van der Waals surface area (Å²) in [6.45, 7) is 6.59. The molecule has 1 heterocycles. The van der Waals surface area contributed by atoms with Crippen molar-refractivity contribution in [2.45, 2.75) is 84.7 Å². The van der Waals surface area contributed by atoms with Crippen LogP contribution in [-0.2, 0) is 29.0 Å². The lowest BCUT2D eigenvalue weighted by molar-refractivity contribution is -0.697. The lowest BCUT2D eigenvalue weighted by atomic mass is 10.2.